The highest BCUT2D eigenvalue weighted by molar-refractivity contribution is 5.94. The Balaban J connectivity index is 2.35. The van der Waals surface area contributed by atoms with Crippen LogP contribution in [0.1, 0.15) is 12.5 Å². The fraction of sp³-hybridized carbons (Fsp3) is 0.286. The smallest absolute Gasteiger partial charge is 0.352 e. The number of carbonyl (C=O) groups excluding carboxylic acids is 1. The lowest BCUT2D eigenvalue weighted by Crippen LogP contribution is -2.24. The van der Waals surface area contributed by atoms with Gasteiger partial charge in [-0.25, -0.2) is 4.79 Å². The van der Waals surface area contributed by atoms with Crippen LogP contribution in [-0.4, -0.2) is 19.1 Å². The molecule has 5 nitrogen and oxygen atoms in total. The fourth-order valence-corrected chi connectivity index (χ4v) is 1.92. The van der Waals surface area contributed by atoms with Crippen LogP contribution >= 0.6 is 0 Å². The van der Waals surface area contributed by atoms with Gasteiger partial charge in [0.1, 0.15) is 11.9 Å². The van der Waals surface area contributed by atoms with Crippen molar-refractivity contribution in [2.45, 2.75) is 13.3 Å². The Labute approximate surface area is 111 Å². The summed E-state index contributed by atoms with van der Waals surface area (Å²) >= 11 is 0. The standard InChI is InChI=1S/C14H15N3O2/c1-2-19-14(18)11(9-15)13-16-8-7-10-5-3-4-6-12(10)17-13/h3-6,16-17H,2,7-8H2,1H3/b13-11-. The van der Waals surface area contributed by atoms with Crippen molar-refractivity contribution in [3.63, 3.8) is 0 Å². The first-order valence-electron chi connectivity index (χ1n) is 6.16. The SMILES string of the molecule is CCOC(=O)/C(C#N)=C1/NCCc2ccccc2N1. The second-order valence-electron chi connectivity index (χ2n) is 4.04. The van der Waals surface area contributed by atoms with Gasteiger partial charge in [0.25, 0.3) is 0 Å². The molecule has 0 saturated heterocycles. The van der Waals surface area contributed by atoms with Crippen molar-refractivity contribution in [3.8, 4) is 6.07 Å². The normalized spacial score (nSPS) is 16.0. The molecule has 1 aliphatic rings. The van der Waals surface area contributed by atoms with E-state index in [0.29, 0.717) is 12.4 Å². The maximum Gasteiger partial charge on any atom is 0.352 e. The Hall–Kier alpha value is -2.48. The summed E-state index contributed by atoms with van der Waals surface area (Å²) in [4.78, 5) is 11.7. The molecule has 0 spiro atoms. The van der Waals surface area contributed by atoms with Gasteiger partial charge in [-0.15, -0.1) is 0 Å². The number of ether oxygens (including phenoxy) is 1. The van der Waals surface area contributed by atoms with Crippen molar-refractivity contribution in [1.82, 2.24) is 5.32 Å². The number of nitrogens with zero attached hydrogens (tertiary/aromatic N) is 1. The van der Waals surface area contributed by atoms with Crippen LogP contribution in [0.3, 0.4) is 0 Å². The number of benzene rings is 1. The van der Waals surface area contributed by atoms with Gasteiger partial charge in [0.05, 0.1) is 6.61 Å². The maximum atomic E-state index is 11.7. The highest BCUT2D eigenvalue weighted by atomic mass is 16.5. The lowest BCUT2D eigenvalue weighted by molar-refractivity contribution is -0.138. The number of fused-ring (bicyclic) bond motifs is 1. The molecule has 0 radical (unpaired) electrons. The second kappa shape index (κ2) is 5.91. The predicted octanol–water partition coefficient (Wildman–Crippen LogP) is 1.54. The van der Waals surface area contributed by atoms with Crippen molar-refractivity contribution < 1.29 is 9.53 Å². The Morgan fingerprint density at radius 3 is 3.00 bits per heavy atom. The molecular formula is C14H15N3O2. The number of para-hydroxylation sites is 1. The van der Waals surface area contributed by atoms with Gasteiger partial charge in [0.2, 0.25) is 0 Å². The minimum Gasteiger partial charge on any atom is -0.462 e. The number of hydrogen-bond donors (Lipinski definition) is 2. The van der Waals surface area contributed by atoms with E-state index in [2.05, 4.69) is 10.6 Å². The third-order valence-electron chi connectivity index (χ3n) is 2.81. The molecule has 19 heavy (non-hydrogen) atoms. The highest BCUT2D eigenvalue weighted by Crippen LogP contribution is 2.20. The Morgan fingerprint density at radius 1 is 1.47 bits per heavy atom. The van der Waals surface area contributed by atoms with Crippen LogP contribution in [0.15, 0.2) is 35.7 Å². The first-order chi connectivity index (χ1) is 9.26. The summed E-state index contributed by atoms with van der Waals surface area (Å²) in [6.07, 6.45) is 0.828. The Kier molecular flexibility index (Phi) is 4.04. The van der Waals surface area contributed by atoms with Crippen LogP contribution in [0, 0.1) is 11.3 Å². The second-order valence-corrected chi connectivity index (χ2v) is 4.04. The highest BCUT2D eigenvalue weighted by Gasteiger charge is 2.19. The first kappa shape index (κ1) is 13.0. The molecule has 5 heteroatoms. The van der Waals surface area contributed by atoms with Crippen LogP contribution in [0.2, 0.25) is 0 Å². The van der Waals surface area contributed by atoms with Crippen LogP contribution < -0.4 is 10.6 Å². The molecule has 1 aromatic rings. The van der Waals surface area contributed by atoms with Gasteiger partial charge in [-0.3, -0.25) is 0 Å². The summed E-state index contributed by atoms with van der Waals surface area (Å²) in [6, 6.07) is 9.70. The molecule has 0 bridgehead atoms. The minimum atomic E-state index is -0.612. The van der Waals surface area contributed by atoms with Crippen LogP contribution in [-0.2, 0) is 16.0 Å². The summed E-state index contributed by atoms with van der Waals surface area (Å²) in [5, 5.41) is 15.3. The molecular weight excluding hydrogens is 242 g/mol. The molecule has 0 fully saturated rings. The topological polar surface area (TPSA) is 74.2 Å². The van der Waals surface area contributed by atoms with Crippen LogP contribution in [0.5, 0.6) is 0 Å². The summed E-state index contributed by atoms with van der Waals surface area (Å²) in [6.45, 7) is 2.61. The molecule has 0 aromatic heterocycles. The number of carbonyl (C=O) groups is 1. The predicted molar refractivity (Wildman–Crippen MR) is 71.0 cm³/mol. The number of esters is 1. The number of nitriles is 1. The number of nitrogens with one attached hydrogen (secondary N) is 2. The van der Waals surface area contributed by atoms with Gasteiger partial charge in [-0.1, -0.05) is 18.2 Å². The van der Waals surface area contributed by atoms with E-state index in [9.17, 15) is 4.79 Å². The van der Waals surface area contributed by atoms with Crippen molar-refractivity contribution in [1.29, 1.82) is 5.26 Å². The van der Waals surface area contributed by atoms with Gasteiger partial charge in [0.15, 0.2) is 5.57 Å². The van der Waals surface area contributed by atoms with Crippen LogP contribution in [0.25, 0.3) is 0 Å². The summed E-state index contributed by atoms with van der Waals surface area (Å²) < 4.78 is 4.88. The Morgan fingerprint density at radius 2 is 2.26 bits per heavy atom. The third-order valence-corrected chi connectivity index (χ3v) is 2.81. The third kappa shape index (κ3) is 2.86. The summed E-state index contributed by atoms with van der Waals surface area (Å²) in [7, 11) is 0. The van der Waals surface area contributed by atoms with Gasteiger partial charge in [0, 0.05) is 12.2 Å². The largest absolute Gasteiger partial charge is 0.462 e. The maximum absolute atomic E-state index is 11.7. The Bertz CT molecular complexity index is 558. The van der Waals surface area contributed by atoms with Crippen molar-refractivity contribution >= 4 is 11.7 Å². The quantitative estimate of drug-likeness (QED) is 0.477. The molecule has 1 aliphatic heterocycles. The molecule has 1 aromatic carbocycles. The van der Waals surface area contributed by atoms with Crippen molar-refractivity contribution in [2.75, 3.05) is 18.5 Å². The lowest BCUT2D eigenvalue weighted by atomic mass is 10.1. The van der Waals surface area contributed by atoms with E-state index in [0.717, 1.165) is 17.7 Å². The molecule has 0 aliphatic carbocycles. The number of rotatable bonds is 2. The van der Waals surface area contributed by atoms with Crippen LogP contribution in [0.4, 0.5) is 5.69 Å². The minimum absolute atomic E-state index is 0.0291. The average Bonchev–Trinajstić information content (AvgIpc) is 2.62. The van der Waals surface area contributed by atoms with E-state index < -0.39 is 5.97 Å². The molecule has 0 amide bonds. The average molecular weight is 257 g/mol. The van der Waals surface area contributed by atoms with Gasteiger partial charge < -0.3 is 15.4 Å². The molecule has 2 N–H and O–H groups in total. The zero-order valence-electron chi connectivity index (χ0n) is 10.7. The van der Waals surface area contributed by atoms with Gasteiger partial charge >= 0.3 is 5.97 Å². The molecule has 0 atom stereocenters. The van der Waals surface area contributed by atoms with E-state index in [1.165, 1.54) is 0 Å². The molecule has 98 valence electrons. The fourth-order valence-electron chi connectivity index (χ4n) is 1.92. The van der Waals surface area contributed by atoms with E-state index in [-0.39, 0.29) is 12.2 Å². The monoisotopic (exact) mass is 257 g/mol. The molecule has 2 rings (SSSR count). The number of anilines is 1. The van der Waals surface area contributed by atoms with Crippen molar-refractivity contribution in [2.24, 2.45) is 0 Å². The zero-order valence-corrected chi connectivity index (χ0v) is 10.7. The van der Waals surface area contributed by atoms with Gasteiger partial charge in [-0.2, -0.15) is 5.26 Å². The van der Waals surface area contributed by atoms with Crippen molar-refractivity contribution in [3.05, 3.63) is 41.2 Å². The van der Waals surface area contributed by atoms with Gasteiger partial charge in [-0.05, 0) is 25.0 Å². The molecule has 1 heterocycles. The molecule has 0 unspecified atom stereocenters. The lowest BCUT2D eigenvalue weighted by Gasteiger charge is -2.12. The summed E-state index contributed by atoms with van der Waals surface area (Å²) in [5.41, 5.74) is 2.02. The van der Waals surface area contributed by atoms with E-state index in [4.69, 9.17) is 10.00 Å². The van der Waals surface area contributed by atoms with E-state index in [1.807, 2.05) is 30.3 Å². The summed E-state index contributed by atoms with van der Waals surface area (Å²) in [5.74, 6) is -0.203. The van der Waals surface area contributed by atoms with E-state index in [1.54, 1.807) is 6.92 Å². The van der Waals surface area contributed by atoms with E-state index >= 15 is 0 Å². The molecule has 0 saturated carbocycles. The first-order valence-corrected chi connectivity index (χ1v) is 6.16. The zero-order chi connectivity index (χ0) is 13.7. The number of hydrogen-bond acceptors (Lipinski definition) is 5.